The Bertz CT molecular complexity index is 452. The van der Waals surface area contributed by atoms with Crippen LogP contribution in [0.1, 0.15) is 13.3 Å². The average molecular weight is 246 g/mol. The summed E-state index contributed by atoms with van der Waals surface area (Å²) >= 11 is 0. The minimum Gasteiger partial charge on any atom is -0.383 e. The maximum Gasteiger partial charge on any atom is 0.0858 e. The van der Waals surface area contributed by atoms with Crippen LogP contribution in [-0.2, 0) is 4.74 Å². The van der Waals surface area contributed by atoms with Crippen LogP contribution in [0.5, 0.6) is 0 Å². The Morgan fingerprint density at radius 3 is 2.44 bits per heavy atom. The van der Waals surface area contributed by atoms with Gasteiger partial charge in [-0.05, 0) is 30.7 Å². The van der Waals surface area contributed by atoms with Gasteiger partial charge in [0.25, 0.3) is 0 Å². The highest BCUT2D eigenvalue weighted by molar-refractivity contribution is 5.48. The van der Waals surface area contributed by atoms with E-state index in [2.05, 4.69) is 22.4 Å². The molecule has 0 saturated heterocycles. The summed E-state index contributed by atoms with van der Waals surface area (Å²) in [6.07, 6.45) is 4.35. The Morgan fingerprint density at radius 1 is 1.22 bits per heavy atom. The van der Waals surface area contributed by atoms with E-state index in [1.807, 2.05) is 24.3 Å². The highest BCUT2D eigenvalue weighted by atomic mass is 16.5. The van der Waals surface area contributed by atoms with Crippen LogP contribution in [-0.4, -0.2) is 34.8 Å². The number of nitrogens with one attached hydrogen (secondary N) is 1. The summed E-state index contributed by atoms with van der Waals surface area (Å²) in [5.41, 5.74) is 2.03. The highest BCUT2D eigenvalue weighted by Crippen LogP contribution is 2.13. The van der Waals surface area contributed by atoms with Gasteiger partial charge in [-0.15, -0.1) is 0 Å². The van der Waals surface area contributed by atoms with Gasteiger partial charge in [0.05, 0.1) is 24.7 Å². The van der Waals surface area contributed by atoms with E-state index in [0.29, 0.717) is 12.6 Å². The van der Waals surface area contributed by atoms with Crippen LogP contribution in [0.4, 0.5) is 5.69 Å². The molecule has 0 fully saturated rings. The number of benzene rings is 1. The summed E-state index contributed by atoms with van der Waals surface area (Å²) in [7, 11) is 1.72. The van der Waals surface area contributed by atoms with Crippen molar-refractivity contribution in [1.29, 1.82) is 0 Å². The molecule has 2 rings (SSSR count). The zero-order chi connectivity index (χ0) is 12.8. The minimum atomic E-state index is 0.337. The molecular weight excluding hydrogens is 228 g/mol. The molecule has 0 saturated carbocycles. The van der Waals surface area contributed by atoms with Gasteiger partial charge >= 0.3 is 0 Å². The first-order valence-electron chi connectivity index (χ1n) is 6.05. The fraction of sp³-hybridized carbons (Fsp3) is 0.385. The largest absolute Gasteiger partial charge is 0.383 e. The second kappa shape index (κ2) is 6.16. The molecule has 0 aliphatic rings. The van der Waals surface area contributed by atoms with Crippen molar-refractivity contribution in [2.45, 2.75) is 19.4 Å². The van der Waals surface area contributed by atoms with Crippen molar-refractivity contribution in [1.82, 2.24) is 15.0 Å². The molecule has 0 bridgehead atoms. The van der Waals surface area contributed by atoms with Crippen molar-refractivity contribution in [3.63, 3.8) is 0 Å². The maximum absolute atomic E-state index is 5.16. The molecule has 5 nitrogen and oxygen atoms in total. The quantitative estimate of drug-likeness (QED) is 0.848. The molecule has 1 aromatic heterocycles. The lowest BCUT2D eigenvalue weighted by Crippen LogP contribution is -2.23. The highest BCUT2D eigenvalue weighted by Gasteiger charge is 2.05. The number of hydrogen-bond donors (Lipinski definition) is 1. The van der Waals surface area contributed by atoms with Crippen molar-refractivity contribution >= 4 is 5.69 Å². The van der Waals surface area contributed by atoms with Crippen LogP contribution in [0.2, 0.25) is 0 Å². The minimum absolute atomic E-state index is 0.337. The van der Waals surface area contributed by atoms with Crippen LogP contribution < -0.4 is 5.32 Å². The Kier molecular flexibility index (Phi) is 4.30. The van der Waals surface area contributed by atoms with Crippen LogP contribution in [0, 0.1) is 0 Å². The second-order valence-corrected chi connectivity index (χ2v) is 4.07. The molecule has 0 aliphatic carbocycles. The third-order valence-electron chi connectivity index (χ3n) is 2.75. The van der Waals surface area contributed by atoms with Gasteiger partial charge in [0.1, 0.15) is 0 Å². The number of aromatic nitrogens is 3. The predicted octanol–water partition coefficient (Wildman–Crippen LogP) is 2.10. The van der Waals surface area contributed by atoms with Crippen molar-refractivity contribution in [3.05, 3.63) is 36.7 Å². The first kappa shape index (κ1) is 12.6. The van der Waals surface area contributed by atoms with Crippen LogP contribution in [0.15, 0.2) is 36.7 Å². The Labute approximate surface area is 107 Å². The third kappa shape index (κ3) is 3.07. The van der Waals surface area contributed by atoms with E-state index in [4.69, 9.17) is 4.74 Å². The molecule has 1 unspecified atom stereocenters. The monoisotopic (exact) mass is 246 g/mol. The van der Waals surface area contributed by atoms with E-state index in [-0.39, 0.29) is 0 Å². The zero-order valence-corrected chi connectivity index (χ0v) is 10.7. The van der Waals surface area contributed by atoms with E-state index in [1.54, 1.807) is 24.3 Å². The van der Waals surface area contributed by atoms with Crippen LogP contribution >= 0.6 is 0 Å². The topological polar surface area (TPSA) is 52.0 Å². The van der Waals surface area contributed by atoms with Gasteiger partial charge in [0.2, 0.25) is 0 Å². The number of nitrogens with zero attached hydrogens (tertiary/aromatic N) is 3. The molecule has 0 aliphatic heterocycles. The number of rotatable bonds is 6. The van der Waals surface area contributed by atoms with E-state index in [1.165, 1.54) is 0 Å². The normalized spacial score (nSPS) is 12.3. The molecule has 0 amide bonds. The van der Waals surface area contributed by atoms with Gasteiger partial charge in [-0.1, -0.05) is 6.92 Å². The van der Waals surface area contributed by atoms with Crippen LogP contribution in [0.25, 0.3) is 5.69 Å². The Morgan fingerprint density at radius 2 is 1.89 bits per heavy atom. The summed E-state index contributed by atoms with van der Waals surface area (Å²) in [6, 6.07) is 8.36. The Balaban J connectivity index is 2.03. The third-order valence-corrected chi connectivity index (χ3v) is 2.75. The van der Waals surface area contributed by atoms with E-state index in [0.717, 1.165) is 17.8 Å². The SMILES string of the molecule is CCC(COC)Nc1ccc(-n2nccn2)cc1. The lowest BCUT2D eigenvalue weighted by Gasteiger charge is -2.17. The fourth-order valence-electron chi connectivity index (χ4n) is 1.74. The van der Waals surface area contributed by atoms with Crippen molar-refractivity contribution in [2.24, 2.45) is 0 Å². The molecule has 1 atom stereocenters. The predicted molar refractivity (Wildman–Crippen MR) is 70.9 cm³/mol. The summed E-state index contributed by atoms with van der Waals surface area (Å²) in [6.45, 7) is 2.84. The molecule has 5 heteroatoms. The van der Waals surface area contributed by atoms with E-state index >= 15 is 0 Å². The van der Waals surface area contributed by atoms with E-state index < -0.39 is 0 Å². The lowest BCUT2D eigenvalue weighted by atomic mass is 10.2. The molecule has 1 heterocycles. The Hall–Kier alpha value is -1.88. The summed E-state index contributed by atoms with van der Waals surface area (Å²) in [5.74, 6) is 0. The first-order chi connectivity index (χ1) is 8.83. The molecule has 1 aromatic carbocycles. The molecule has 0 radical (unpaired) electrons. The van der Waals surface area contributed by atoms with Crippen LogP contribution in [0.3, 0.4) is 0 Å². The van der Waals surface area contributed by atoms with Gasteiger partial charge in [0, 0.05) is 18.8 Å². The molecular formula is C13H18N4O. The zero-order valence-electron chi connectivity index (χ0n) is 10.7. The summed E-state index contributed by atoms with van der Waals surface area (Å²) in [4.78, 5) is 1.59. The first-order valence-corrected chi connectivity index (χ1v) is 6.05. The second-order valence-electron chi connectivity index (χ2n) is 4.07. The lowest BCUT2D eigenvalue weighted by molar-refractivity contribution is 0.184. The van der Waals surface area contributed by atoms with Gasteiger partial charge in [-0.3, -0.25) is 0 Å². The standard InChI is InChI=1S/C13H18N4O/c1-3-11(10-18-2)16-12-4-6-13(7-5-12)17-14-8-9-15-17/h4-9,11,16H,3,10H2,1-2H3. The smallest absolute Gasteiger partial charge is 0.0858 e. The molecule has 2 aromatic rings. The van der Waals surface area contributed by atoms with Gasteiger partial charge < -0.3 is 10.1 Å². The van der Waals surface area contributed by atoms with Gasteiger partial charge in [0.15, 0.2) is 0 Å². The summed E-state index contributed by atoms with van der Waals surface area (Å²) in [5, 5.41) is 11.6. The fourth-order valence-corrected chi connectivity index (χ4v) is 1.74. The molecule has 1 N–H and O–H groups in total. The van der Waals surface area contributed by atoms with Crippen molar-refractivity contribution < 1.29 is 4.74 Å². The van der Waals surface area contributed by atoms with Gasteiger partial charge in [-0.2, -0.15) is 15.0 Å². The van der Waals surface area contributed by atoms with E-state index in [9.17, 15) is 0 Å². The maximum atomic E-state index is 5.16. The molecule has 96 valence electrons. The number of methoxy groups -OCH3 is 1. The average Bonchev–Trinajstić information content (AvgIpc) is 2.93. The van der Waals surface area contributed by atoms with Crippen molar-refractivity contribution in [2.75, 3.05) is 19.0 Å². The number of hydrogen-bond acceptors (Lipinski definition) is 4. The molecule has 18 heavy (non-hydrogen) atoms. The number of ether oxygens (including phenoxy) is 1. The molecule has 0 spiro atoms. The summed E-state index contributed by atoms with van der Waals surface area (Å²) < 4.78 is 5.16. The van der Waals surface area contributed by atoms with Gasteiger partial charge in [-0.25, -0.2) is 0 Å². The number of anilines is 1. The van der Waals surface area contributed by atoms with Crippen molar-refractivity contribution in [3.8, 4) is 5.69 Å².